The first-order chi connectivity index (χ1) is 13.2. The number of rotatable bonds is 4. The number of aromatic amines is 1. The molecule has 1 aromatic carbocycles. The molecule has 0 spiro atoms. The molecule has 7 heteroatoms. The van der Waals surface area contributed by atoms with Gasteiger partial charge >= 0.3 is 0 Å². The lowest BCUT2D eigenvalue weighted by molar-refractivity contribution is -0.0236. The van der Waals surface area contributed by atoms with Gasteiger partial charge in [0, 0.05) is 11.5 Å². The number of nitriles is 1. The molecule has 2 aromatic rings. The van der Waals surface area contributed by atoms with E-state index in [1.807, 2.05) is 13.0 Å². The highest BCUT2D eigenvalue weighted by molar-refractivity contribution is 6.04. The van der Waals surface area contributed by atoms with Crippen LogP contribution in [0, 0.1) is 22.6 Å². The molecule has 3 atom stereocenters. The molecule has 0 bridgehead atoms. The van der Waals surface area contributed by atoms with E-state index in [1.54, 1.807) is 6.20 Å². The van der Waals surface area contributed by atoms with E-state index in [2.05, 4.69) is 36.3 Å². The third-order valence-corrected chi connectivity index (χ3v) is 5.31. The van der Waals surface area contributed by atoms with Gasteiger partial charge in [0.05, 0.1) is 35.6 Å². The normalized spacial score (nSPS) is 20.6. The second-order valence-corrected chi connectivity index (χ2v) is 8.36. The molecule has 1 fully saturated rings. The van der Waals surface area contributed by atoms with Gasteiger partial charge < -0.3 is 10.1 Å². The summed E-state index contributed by atoms with van der Waals surface area (Å²) in [6.45, 7) is 8.53. The number of hydrogen-bond acceptors (Lipinski definition) is 4. The molecule has 3 rings (SSSR count). The summed E-state index contributed by atoms with van der Waals surface area (Å²) in [5.74, 6) is -0.885. The molecule has 1 saturated heterocycles. The van der Waals surface area contributed by atoms with Crippen molar-refractivity contribution in [1.82, 2.24) is 10.2 Å². The third kappa shape index (κ3) is 4.07. The highest BCUT2D eigenvalue weighted by Gasteiger charge is 2.37. The highest BCUT2D eigenvalue weighted by Crippen LogP contribution is 2.39. The molecule has 1 amide bonds. The van der Waals surface area contributed by atoms with Gasteiger partial charge in [-0.15, -0.1) is 0 Å². The molecule has 1 aromatic heterocycles. The molecule has 28 heavy (non-hydrogen) atoms. The van der Waals surface area contributed by atoms with Crippen LogP contribution >= 0.6 is 0 Å². The number of halogens is 1. The SMILES string of the molecule is CC(c1cn[nH]c1NC(=O)c1cc(C#N)ccc1F)[C@H]1CCC(C(C)(C)C)O1. The minimum atomic E-state index is -0.683. The number of anilines is 1. The first-order valence-corrected chi connectivity index (χ1v) is 9.40. The van der Waals surface area contributed by atoms with Crippen LogP contribution in [0.3, 0.4) is 0 Å². The van der Waals surface area contributed by atoms with Crippen LogP contribution in [0.15, 0.2) is 24.4 Å². The van der Waals surface area contributed by atoms with Crippen LogP contribution < -0.4 is 5.32 Å². The summed E-state index contributed by atoms with van der Waals surface area (Å²) in [5.41, 5.74) is 0.921. The maximum absolute atomic E-state index is 14.0. The monoisotopic (exact) mass is 384 g/mol. The quantitative estimate of drug-likeness (QED) is 0.819. The van der Waals surface area contributed by atoms with Gasteiger partial charge in [-0.1, -0.05) is 27.7 Å². The number of carbonyl (C=O) groups excluding carboxylic acids is 1. The van der Waals surface area contributed by atoms with Crippen molar-refractivity contribution in [3.8, 4) is 6.07 Å². The lowest BCUT2D eigenvalue weighted by Gasteiger charge is -2.28. The Morgan fingerprint density at radius 1 is 1.43 bits per heavy atom. The topological polar surface area (TPSA) is 90.8 Å². The molecule has 2 heterocycles. The van der Waals surface area contributed by atoms with Crippen LogP contribution in [-0.2, 0) is 4.74 Å². The second-order valence-electron chi connectivity index (χ2n) is 8.36. The molecule has 1 aliphatic rings. The second kappa shape index (κ2) is 7.72. The first-order valence-electron chi connectivity index (χ1n) is 9.40. The minimum Gasteiger partial charge on any atom is -0.374 e. The molecular formula is C21H25FN4O2. The number of hydrogen-bond donors (Lipinski definition) is 2. The minimum absolute atomic E-state index is 0.0108. The largest absolute Gasteiger partial charge is 0.374 e. The summed E-state index contributed by atoms with van der Waals surface area (Å²) in [4.78, 5) is 12.5. The fourth-order valence-electron chi connectivity index (χ4n) is 3.56. The van der Waals surface area contributed by atoms with Gasteiger partial charge in [-0.05, 0) is 36.5 Å². The Balaban J connectivity index is 1.76. The van der Waals surface area contributed by atoms with E-state index in [9.17, 15) is 9.18 Å². The maximum Gasteiger partial charge on any atom is 0.259 e. The number of aromatic nitrogens is 2. The molecule has 0 saturated carbocycles. The number of benzene rings is 1. The zero-order valence-electron chi connectivity index (χ0n) is 16.5. The van der Waals surface area contributed by atoms with Crippen molar-refractivity contribution in [2.45, 2.75) is 58.7 Å². The van der Waals surface area contributed by atoms with Crippen LogP contribution in [0.5, 0.6) is 0 Å². The van der Waals surface area contributed by atoms with E-state index in [-0.39, 0.29) is 34.7 Å². The number of ether oxygens (including phenoxy) is 1. The fraction of sp³-hybridized carbons (Fsp3) is 0.476. The van der Waals surface area contributed by atoms with Crippen LogP contribution in [0.25, 0.3) is 0 Å². The smallest absolute Gasteiger partial charge is 0.259 e. The van der Waals surface area contributed by atoms with E-state index in [0.29, 0.717) is 5.82 Å². The molecule has 2 N–H and O–H groups in total. The Bertz CT molecular complexity index is 910. The average Bonchev–Trinajstić information content (AvgIpc) is 3.31. The van der Waals surface area contributed by atoms with Crippen molar-refractivity contribution >= 4 is 11.7 Å². The van der Waals surface area contributed by atoms with Crippen molar-refractivity contribution in [1.29, 1.82) is 5.26 Å². The Morgan fingerprint density at radius 2 is 2.18 bits per heavy atom. The number of H-pyrrole nitrogens is 1. The van der Waals surface area contributed by atoms with Gasteiger partial charge in [0.2, 0.25) is 0 Å². The van der Waals surface area contributed by atoms with Crippen LogP contribution in [0.1, 0.15) is 67.9 Å². The molecule has 148 valence electrons. The predicted molar refractivity (Wildman–Crippen MR) is 103 cm³/mol. The van der Waals surface area contributed by atoms with Crippen molar-refractivity contribution in [3.63, 3.8) is 0 Å². The molecular weight excluding hydrogens is 359 g/mol. The first kappa shape index (κ1) is 20.0. The van der Waals surface area contributed by atoms with Gasteiger partial charge in [-0.3, -0.25) is 9.89 Å². The summed E-state index contributed by atoms with van der Waals surface area (Å²) in [6, 6.07) is 5.59. The number of carbonyl (C=O) groups is 1. The van der Waals surface area contributed by atoms with Gasteiger partial charge in [-0.2, -0.15) is 10.4 Å². The highest BCUT2D eigenvalue weighted by atomic mass is 19.1. The maximum atomic E-state index is 14.0. The van der Waals surface area contributed by atoms with E-state index in [1.165, 1.54) is 12.1 Å². The third-order valence-electron chi connectivity index (χ3n) is 5.31. The number of amides is 1. The summed E-state index contributed by atoms with van der Waals surface area (Å²) < 4.78 is 20.3. The van der Waals surface area contributed by atoms with Crippen molar-refractivity contribution < 1.29 is 13.9 Å². The van der Waals surface area contributed by atoms with Crippen LogP contribution in [0.2, 0.25) is 0 Å². The van der Waals surface area contributed by atoms with Gasteiger partial charge in [0.25, 0.3) is 5.91 Å². The molecule has 2 unspecified atom stereocenters. The van der Waals surface area contributed by atoms with Crippen LogP contribution in [-0.4, -0.2) is 28.3 Å². The van der Waals surface area contributed by atoms with Gasteiger partial charge in [-0.25, -0.2) is 4.39 Å². The molecule has 0 radical (unpaired) electrons. The summed E-state index contributed by atoms with van der Waals surface area (Å²) in [5, 5.41) is 18.5. The Kier molecular flexibility index (Phi) is 5.52. The average molecular weight is 384 g/mol. The summed E-state index contributed by atoms with van der Waals surface area (Å²) in [7, 11) is 0. The standard InChI is InChI=1S/C21H25FN4O2/c1-12(17-7-8-18(28-17)21(2,3)4)15-11-24-26-19(15)25-20(27)14-9-13(10-23)5-6-16(14)22/h5-6,9,11-12,17-18H,7-8H2,1-4H3,(H2,24,25,26,27)/t12?,17-,18?/m1/s1. The van der Waals surface area contributed by atoms with E-state index in [0.717, 1.165) is 24.5 Å². The zero-order valence-corrected chi connectivity index (χ0v) is 16.5. The van der Waals surface area contributed by atoms with E-state index >= 15 is 0 Å². The lowest BCUT2D eigenvalue weighted by Crippen LogP contribution is -2.28. The number of nitrogens with one attached hydrogen (secondary N) is 2. The Hall–Kier alpha value is -2.72. The van der Waals surface area contributed by atoms with E-state index < -0.39 is 11.7 Å². The lowest BCUT2D eigenvalue weighted by atomic mass is 9.87. The van der Waals surface area contributed by atoms with Crippen molar-refractivity contribution in [3.05, 3.63) is 46.9 Å². The molecule has 1 aliphatic heterocycles. The van der Waals surface area contributed by atoms with Crippen molar-refractivity contribution in [2.75, 3.05) is 5.32 Å². The summed E-state index contributed by atoms with van der Waals surface area (Å²) in [6.07, 6.45) is 3.80. The Morgan fingerprint density at radius 3 is 2.82 bits per heavy atom. The summed E-state index contributed by atoms with van der Waals surface area (Å²) >= 11 is 0. The Labute approximate surface area is 164 Å². The van der Waals surface area contributed by atoms with E-state index in [4.69, 9.17) is 10.00 Å². The molecule has 0 aliphatic carbocycles. The van der Waals surface area contributed by atoms with Crippen LogP contribution in [0.4, 0.5) is 10.2 Å². The van der Waals surface area contributed by atoms with Crippen molar-refractivity contribution in [2.24, 2.45) is 5.41 Å². The van der Waals surface area contributed by atoms with Gasteiger partial charge in [0.1, 0.15) is 11.6 Å². The predicted octanol–water partition coefficient (Wildman–Crippen LogP) is 4.37. The zero-order chi connectivity index (χ0) is 20.5. The van der Waals surface area contributed by atoms with Gasteiger partial charge in [0.15, 0.2) is 0 Å². The number of nitrogens with zero attached hydrogens (tertiary/aromatic N) is 2. The molecule has 6 nitrogen and oxygen atoms in total. The fourth-order valence-corrected chi connectivity index (χ4v) is 3.56.